The van der Waals surface area contributed by atoms with Crippen LogP contribution in [0.5, 0.6) is 5.75 Å². The lowest BCUT2D eigenvalue weighted by Crippen LogP contribution is -2.27. The van der Waals surface area contributed by atoms with Crippen LogP contribution >= 0.6 is 0 Å². The molecule has 0 fully saturated rings. The molecule has 5 nitrogen and oxygen atoms in total. The van der Waals surface area contributed by atoms with Gasteiger partial charge in [0, 0.05) is 22.6 Å². The van der Waals surface area contributed by atoms with Crippen molar-refractivity contribution in [1.82, 2.24) is 5.43 Å². The van der Waals surface area contributed by atoms with Gasteiger partial charge in [-0.1, -0.05) is 42.5 Å². The van der Waals surface area contributed by atoms with Crippen LogP contribution in [0.4, 0.5) is 4.39 Å². The minimum atomic E-state index is -0.544. The fourth-order valence-electron chi connectivity index (χ4n) is 2.94. The SMILES string of the molecule is O=C(COc1cccc(F)c1)N/N=C1/C(=O)c2cccc3cccc1c23. The first-order valence-corrected chi connectivity index (χ1v) is 7.95. The molecule has 6 heteroatoms. The van der Waals surface area contributed by atoms with Gasteiger partial charge in [0.15, 0.2) is 6.61 Å². The van der Waals surface area contributed by atoms with E-state index in [-0.39, 0.29) is 23.9 Å². The van der Waals surface area contributed by atoms with Gasteiger partial charge in [-0.15, -0.1) is 0 Å². The van der Waals surface area contributed by atoms with E-state index < -0.39 is 11.7 Å². The lowest BCUT2D eigenvalue weighted by atomic mass is 10.1. The van der Waals surface area contributed by atoms with E-state index in [0.717, 1.165) is 10.8 Å². The lowest BCUT2D eigenvalue weighted by molar-refractivity contribution is -0.123. The molecule has 1 amide bonds. The van der Waals surface area contributed by atoms with Crippen LogP contribution in [0.25, 0.3) is 10.8 Å². The zero-order chi connectivity index (χ0) is 18.1. The zero-order valence-corrected chi connectivity index (χ0v) is 13.5. The number of amides is 1. The number of ether oxygens (including phenoxy) is 1. The molecule has 1 N–H and O–H groups in total. The van der Waals surface area contributed by atoms with Crippen molar-refractivity contribution in [2.75, 3.05) is 6.61 Å². The van der Waals surface area contributed by atoms with Gasteiger partial charge < -0.3 is 4.74 Å². The summed E-state index contributed by atoms with van der Waals surface area (Å²) < 4.78 is 18.3. The molecule has 0 heterocycles. The number of benzene rings is 3. The lowest BCUT2D eigenvalue weighted by Gasteiger charge is -2.05. The van der Waals surface area contributed by atoms with Crippen LogP contribution in [0.2, 0.25) is 0 Å². The van der Waals surface area contributed by atoms with Crippen LogP contribution in [0.15, 0.2) is 65.8 Å². The summed E-state index contributed by atoms with van der Waals surface area (Å²) in [4.78, 5) is 24.5. The van der Waals surface area contributed by atoms with Crippen molar-refractivity contribution >= 4 is 28.2 Å². The summed E-state index contributed by atoms with van der Waals surface area (Å²) in [6, 6.07) is 16.5. The maximum Gasteiger partial charge on any atom is 0.277 e. The number of nitrogens with zero attached hydrogens (tertiary/aromatic N) is 1. The molecule has 1 aliphatic carbocycles. The Labute approximate surface area is 148 Å². The predicted molar refractivity (Wildman–Crippen MR) is 94.9 cm³/mol. The number of hydrazone groups is 1. The molecule has 1 aliphatic rings. The molecular formula is C20H13FN2O3. The first-order valence-electron chi connectivity index (χ1n) is 7.95. The van der Waals surface area contributed by atoms with E-state index in [4.69, 9.17) is 4.74 Å². The Kier molecular flexibility index (Phi) is 3.93. The van der Waals surface area contributed by atoms with Crippen molar-refractivity contribution in [2.45, 2.75) is 0 Å². The molecule has 0 unspecified atom stereocenters. The third-order valence-corrected chi connectivity index (χ3v) is 4.08. The maximum absolute atomic E-state index is 13.1. The van der Waals surface area contributed by atoms with Crippen molar-refractivity contribution in [2.24, 2.45) is 5.10 Å². The van der Waals surface area contributed by atoms with Crippen LogP contribution in [-0.4, -0.2) is 24.0 Å². The second kappa shape index (κ2) is 6.40. The van der Waals surface area contributed by atoms with Crippen molar-refractivity contribution in [3.05, 3.63) is 77.6 Å². The largest absolute Gasteiger partial charge is 0.484 e. The summed E-state index contributed by atoms with van der Waals surface area (Å²) in [5.41, 5.74) is 3.78. The molecule has 3 aromatic rings. The van der Waals surface area contributed by atoms with Crippen LogP contribution in [0, 0.1) is 5.82 Å². The number of carbonyl (C=O) groups excluding carboxylic acids is 2. The highest BCUT2D eigenvalue weighted by atomic mass is 19.1. The monoisotopic (exact) mass is 348 g/mol. The Hall–Kier alpha value is -3.54. The molecule has 3 aromatic carbocycles. The number of ketones is 1. The van der Waals surface area contributed by atoms with Gasteiger partial charge in [-0.25, -0.2) is 9.82 Å². The average molecular weight is 348 g/mol. The van der Waals surface area contributed by atoms with Gasteiger partial charge in [0.1, 0.15) is 17.3 Å². The summed E-state index contributed by atoms with van der Waals surface area (Å²) >= 11 is 0. The Morgan fingerprint density at radius 1 is 1.04 bits per heavy atom. The fraction of sp³-hybridized carbons (Fsp3) is 0.0500. The van der Waals surface area contributed by atoms with Gasteiger partial charge in [0.05, 0.1) is 0 Å². The first-order chi connectivity index (χ1) is 12.6. The standard InChI is InChI=1S/C20H13FN2O3/c21-13-6-3-7-14(10-13)26-11-17(24)22-23-19-15-8-1-4-12-5-2-9-16(18(12)15)20(19)25/h1-10H,11H2,(H,22,24)/b23-19+. The van der Waals surface area contributed by atoms with Crippen LogP contribution < -0.4 is 10.2 Å². The van der Waals surface area contributed by atoms with Crippen LogP contribution in [-0.2, 0) is 4.79 Å². The number of carbonyl (C=O) groups is 2. The Morgan fingerprint density at radius 3 is 2.54 bits per heavy atom. The highest BCUT2D eigenvalue weighted by Crippen LogP contribution is 2.30. The Balaban J connectivity index is 1.50. The minimum absolute atomic E-state index is 0.191. The van der Waals surface area contributed by atoms with Gasteiger partial charge >= 0.3 is 0 Å². The van der Waals surface area contributed by atoms with E-state index in [1.54, 1.807) is 18.2 Å². The Morgan fingerprint density at radius 2 is 1.77 bits per heavy atom. The first kappa shape index (κ1) is 16.0. The van der Waals surface area contributed by atoms with E-state index in [2.05, 4.69) is 10.5 Å². The Bertz CT molecular complexity index is 1070. The number of nitrogens with one attached hydrogen (secondary N) is 1. The van der Waals surface area contributed by atoms with E-state index in [1.165, 1.54) is 18.2 Å². The molecule has 0 aliphatic heterocycles. The van der Waals surface area contributed by atoms with Gasteiger partial charge in [0.2, 0.25) is 5.78 Å². The second-order valence-electron chi connectivity index (χ2n) is 5.78. The summed E-state index contributed by atoms with van der Waals surface area (Å²) in [6.45, 7) is -0.342. The quantitative estimate of drug-likeness (QED) is 0.737. The molecule has 128 valence electrons. The average Bonchev–Trinajstić information content (AvgIpc) is 2.92. The molecule has 0 saturated heterocycles. The van der Waals surface area contributed by atoms with Crippen LogP contribution in [0.1, 0.15) is 15.9 Å². The smallest absolute Gasteiger partial charge is 0.277 e. The number of halogens is 1. The summed E-state index contributed by atoms with van der Waals surface area (Å²) in [5, 5.41) is 5.77. The molecule has 4 rings (SSSR count). The van der Waals surface area contributed by atoms with Gasteiger partial charge in [-0.2, -0.15) is 5.10 Å². The van der Waals surface area contributed by atoms with Gasteiger partial charge in [0.25, 0.3) is 5.91 Å². The second-order valence-corrected chi connectivity index (χ2v) is 5.78. The van der Waals surface area contributed by atoms with Crippen LogP contribution in [0.3, 0.4) is 0 Å². The predicted octanol–water partition coefficient (Wildman–Crippen LogP) is 3.07. The van der Waals surface area contributed by atoms with Gasteiger partial charge in [-0.05, 0) is 17.5 Å². The summed E-state index contributed by atoms with van der Waals surface area (Å²) in [6.07, 6.45) is 0. The molecule has 0 atom stereocenters. The van der Waals surface area contributed by atoms with E-state index >= 15 is 0 Å². The zero-order valence-electron chi connectivity index (χ0n) is 13.5. The van der Waals surface area contributed by atoms with E-state index in [0.29, 0.717) is 11.1 Å². The molecule has 0 bridgehead atoms. The molecule has 26 heavy (non-hydrogen) atoms. The third kappa shape index (κ3) is 2.82. The number of rotatable bonds is 4. The maximum atomic E-state index is 13.1. The van der Waals surface area contributed by atoms with Crippen molar-refractivity contribution in [3.63, 3.8) is 0 Å². The number of Topliss-reactive ketones (excluding diaryl/α,β-unsaturated/α-hetero) is 1. The molecule has 0 aromatic heterocycles. The number of hydrogen-bond donors (Lipinski definition) is 1. The summed E-state index contributed by atoms with van der Waals surface area (Å²) in [7, 11) is 0. The fourth-order valence-corrected chi connectivity index (χ4v) is 2.94. The highest BCUT2D eigenvalue weighted by molar-refractivity contribution is 6.59. The van der Waals surface area contributed by atoms with E-state index in [1.807, 2.05) is 24.3 Å². The molecule has 0 radical (unpaired) electrons. The van der Waals surface area contributed by atoms with E-state index in [9.17, 15) is 14.0 Å². The normalized spacial score (nSPS) is 14.0. The van der Waals surface area contributed by atoms with Crippen molar-refractivity contribution in [3.8, 4) is 5.75 Å². The molecular weight excluding hydrogens is 335 g/mol. The van der Waals surface area contributed by atoms with Crippen molar-refractivity contribution < 1.29 is 18.7 Å². The highest BCUT2D eigenvalue weighted by Gasteiger charge is 2.28. The molecule has 0 saturated carbocycles. The minimum Gasteiger partial charge on any atom is -0.484 e. The van der Waals surface area contributed by atoms with Gasteiger partial charge in [-0.3, -0.25) is 9.59 Å². The van der Waals surface area contributed by atoms with Crippen molar-refractivity contribution in [1.29, 1.82) is 0 Å². The third-order valence-electron chi connectivity index (χ3n) is 4.08. The number of hydrogen-bond acceptors (Lipinski definition) is 4. The molecule has 0 spiro atoms. The topological polar surface area (TPSA) is 67.8 Å². The summed E-state index contributed by atoms with van der Waals surface area (Å²) in [5.74, 6) is -0.992.